The first kappa shape index (κ1) is 17.9. The average molecular weight is 353 g/mol. The molecule has 3 rings (SSSR count). The van der Waals surface area contributed by atoms with Gasteiger partial charge in [-0.25, -0.2) is 4.39 Å². The molecule has 4 nitrogen and oxygen atoms in total. The predicted octanol–water partition coefficient (Wildman–Crippen LogP) is 3.99. The normalized spacial score (nSPS) is 10.7. The summed E-state index contributed by atoms with van der Waals surface area (Å²) in [6.07, 6.45) is 1.64. The Labute approximate surface area is 151 Å². The van der Waals surface area contributed by atoms with Crippen LogP contribution in [0.15, 0.2) is 71.3 Å². The van der Waals surface area contributed by atoms with Crippen molar-refractivity contribution in [2.75, 3.05) is 0 Å². The minimum absolute atomic E-state index is 0.0264. The molecule has 1 N–H and O–H groups in total. The summed E-state index contributed by atoms with van der Waals surface area (Å²) in [5.41, 5.74) is 2.37. The highest BCUT2D eigenvalue weighted by Crippen LogP contribution is 2.10. The lowest BCUT2D eigenvalue weighted by molar-refractivity contribution is -0.120. The number of ether oxygens (including phenoxy) is 1. The third-order valence-electron chi connectivity index (χ3n) is 3.88. The van der Waals surface area contributed by atoms with Crippen LogP contribution in [0.1, 0.15) is 22.5 Å². The van der Waals surface area contributed by atoms with E-state index in [-0.39, 0.29) is 18.1 Å². The monoisotopic (exact) mass is 353 g/mol. The van der Waals surface area contributed by atoms with E-state index in [1.54, 1.807) is 24.5 Å². The number of nitrogens with one attached hydrogen (secondary N) is 1. The fourth-order valence-corrected chi connectivity index (χ4v) is 2.57. The van der Waals surface area contributed by atoms with Gasteiger partial charge in [-0.05, 0) is 34.9 Å². The van der Waals surface area contributed by atoms with E-state index in [1.807, 2.05) is 36.4 Å². The second-order valence-corrected chi connectivity index (χ2v) is 5.94. The molecule has 0 aliphatic rings. The number of halogens is 1. The molecule has 134 valence electrons. The second-order valence-electron chi connectivity index (χ2n) is 5.94. The fourth-order valence-electron chi connectivity index (χ4n) is 2.57. The molecule has 0 aliphatic heterocycles. The average Bonchev–Trinajstić information content (AvgIpc) is 3.16. The highest BCUT2D eigenvalue weighted by molar-refractivity contribution is 5.78. The van der Waals surface area contributed by atoms with Crippen molar-refractivity contribution >= 4 is 5.91 Å². The van der Waals surface area contributed by atoms with Gasteiger partial charge < -0.3 is 14.5 Å². The fraction of sp³-hybridized carbons (Fsp3) is 0.190. The summed E-state index contributed by atoms with van der Waals surface area (Å²) in [6, 6.07) is 17.8. The lowest BCUT2D eigenvalue weighted by Gasteiger charge is -2.08. The molecule has 0 atom stereocenters. The van der Waals surface area contributed by atoms with Crippen LogP contribution in [0.5, 0.6) is 0 Å². The van der Waals surface area contributed by atoms with Gasteiger partial charge in [0, 0.05) is 6.54 Å². The van der Waals surface area contributed by atoms with E-state index in [0.29, 0.717) is 25.3 Å². The first-order valence-electron chi connectivity index (χ1n) is 8.39. The zero-order valence-corrected chi connectivity index (χ0v) is 14.3. The van der Waals surface area contributed by atoms with Crippen molar-refractivity contribution in [2.24, 2.45) is 0 Å². The molecule has 0 saturated heterocycles. The van der Waals surface area contributed by atoms with Crippen molar-refractivity contribution in [1.82, 2.24) is 5.32 Å². The van der Waals surface area contributed by atoms with Gasteiger partial charge in [-0.15, -0.1) is 0 Å². The van der Waals surface area contributed by atoms with Gasteiger partial charge in [-0.2, -0.15) is 0 Å². The highest BCUT2D eigenvalue weighted by Gasteiger charge is 2.07. The van der Waals surface area contributed by atoms with E-state index >= 15 is 0 Å². The van der Waals surface area contributed by atoms with Crippen LogP contribution in [0.4, 0.5) is 4.39 Å². The third kappa shape index (κ3) is 5.29. The minimum Gasteiger partial charge on any atom is -0.467 e. The maximum Gasteiger partial charge on any atom is 0.224 e. The van der Waals surface area contributed by atoms with E-state index in [1.165, 1.54) is 6.07 Å². The van der Waals surface area contributed by atoms with Gasteiger partial charge >= 0.3 is 0 Å². The topological polar surface area (TPSA) is 51.5 Å². The molecule has 5 heteroatoms. The maximum atomic E-state index is 13.6. The maximum absolute atomic E-state index is 13.6. The van der Waals surface area contributed by atoms with Crippen molar-refractivity contribution in [2.45, 2.75) is 26.2 Å². The lowest BCUT2D eigenvalue weighted by atomic mass is 10.1. The van der Waals surface area contributed by atoms with Gasteiger partial charge in [0.25, 0.3) is 0 Å². The first-order valence-corrected chi connectivity index (χ1v) is 8.39. The Bertz CT molecular complexity index is 846. The first-order chi connectivity index (χ1) is 12.7. The molecule has 2 aromatic carbocycles. The molecule has 1 aromatic heterocycles. The van der Waals surface area contributed by atoms with Crippen molar-refractivity contribution < 1.29 is 18.3 Å². The summed E-state index contributed by atoms with van der Waals surface area (Å²) in [5, 5.41) is 2.82. The number of carbonyl (C=O) groups excluding carboxylic acids is 1. The Morgan fingerprint density at radius 1 is 1.00 bits per heavy atom. The number of benzene rings is 2. The summed E-state index contributed by atoms with van der Waals surface area (Å²) in [7, 11) is 0. The summed E-state index contributed by atoms with van der Waals surface area (Å²) in [6.45, 7) is 1.26. The van der Waals surface area contributed by atoms with Crippen LogP contribution in [0.25, 0.3) is 0 Å². The molecule has 1 amide bonds. The van der Waals surface area contributed by atoms with Crippen LogP contribution in [-0.4, -0.2) is 5.91 Å². The molecule has 0 bridgehead atoms. The molecule has 0 saturated carbocycles. The molecule has 0 spiro atoms. The molecule has 0 radical (unpaired) electrons. The van der Waals surface area contributed by atoms with Crippen LogP contribution in [0, 0.1) is 5.82 Å². The van der Waals surface area contributed by atoms with Crippen LogP contribution in [0.3, 0.4) is 0 Å². The third-order valence-corrected chi connectivity index (χ3v) is 3.88. The SMILES string of the molecule is O=C(Cc1ccccc1F)NCc1cccc(COCc2ccco2)c1. The Kier molecular flexibility index (Phi) is 6.17. The van der Waals surface area contributed by atoms with Gasteiger partial charge in [-0.3, -0.25) is 4.79 Å². The molecule has 3 aromatic rings. The van der Waals surface area contributed by atoms with E-state index in [0.717, 1.165) is 16.9 Å². The second kappa shape index (κ2) is 8.97. The number of hydrogen-bond acceptors (Lipinski definition) is 3. The Hall–Kier alpha value is -2.92. The summed E-state index contributed by atoms with van der Waals surface area (Å²) in [4.78, 5) is 12.0. The van der Waals surface area contributed by atoms with Gasteiger partial charge in [0.15, 0.2) is 0 Å². The van der Waals surface area contributed by atoms with Gasteiger partial charge in [0.05, 0.1) is 19.3 Å². The van der Waals surface area contributed by atoms with Crippen LogP contribution < -0.4 is 5.32 Å². The zero-order chi connectivity index (χ0) is 18.2. The molecule has 26 heavy (non-hydrogen) atoms. The quantitative estimate of drug-likeness (QED) is 0.666. The molecular weight excluding hydrogens is 333 g/mol. The molecule has 0 fully saturated rings. The van der Waals surface area contributed by atoms with E-state index < -0.39 is 0 Å². The van der Waals surface area contributed by atoms with Gasteiger partial charge in [0.2, 0.25) is 5.91 Å². The number of rotatable bonds is 8. The molecule has 0 unspecified atom stereocenters. The van der Waals surface area contributed by atoms with Crippen LogP contribution >= 0.6 is 0 Å². The highest BCUT2D eigenvalue weighted by atomic mass is 19.1. The van der Waals surface area contributed by atoms with Crippen molar-refractivity contribution in [3.05, 3.63) is 95.2 Å². The Morgan fingerprint density at radius 2 is 1.85 bits per heavy atom. The number of amides is 1. The standard InChI is InChI=1S/C21H20FNO3/c22-20-9-2-1-7-18(20)12-21(24)23-13-16-5-3-6-17(11-16)14-25-15-19-8-4-10-26-19/h1-11H,12-15H2,(H,23,24). The van der Waals surface area contributed by atoms with Crippen molar-refractivity contribution in [3.63, 3.8) is 0 Å². The van der Waals surface area contributed by atoms with Crippen molar-refractivity contribution in [1.29, 1.82) is 0 Å². The van der Waals surface area contributed by atoms with Gasteiger partial charge in [0.1, 0.15) is 18.2 Å². The summed E-state index contributed by atoms with van der Waals surface area (Å²) < 4.78 is 24.4. The number of carbonyl (C=O) groups is 1. The number of furan rings is 1. The van der Waals surface area contributed by atoms with E-state index in [2.05, 4.69) is 5.32 Å². The Morgan fingerprint density at radius 3 is 2.65 bits per heavy atom. The van der Waals surface area contributed by atoms with E-state index in [9.17, 15) is 9.18 Å². The van der Waals surface area contributed by atoms with Crippen molar-refractivity contribution in [3.8, 4) is 0 Å². The Balaban J connectivity index is 1.47. The predicted molar refractivity (Wildman–Crippen MR) is 95.6 cm³/mol. The number of hydrogen-bond donors (Lipinski definition) is 1. The molecular formula is C21H20FNO3. The van der Waals surface area contributed by atoms with Crippen LogP contribution in [-0.2, 0) is 35.7 Å². The largest absolute Gasteiger partial charge is 0.467 e. The van der Waals surface area contributed by atoms with Gasteiger partial charge in [-0.1, -0.05) is 42.5 Å². The van der Waals surface area contributed by atoms with E-state index in [4.69, 9.17) is 9.15 Å². The lowest BCUT2D eigenvalue weighted by Crippen LogP contribution is -2.25. The zero-order valence-electron chi connectivity index (χ0n) is 14.3. The molecule has 0 aliphatic carbocycles. The summed E-state index contributed by atoms with van der Waals surface area (Å²) in [5.74, 6) is 0.203. The molecule has 1 heterocycles. The van der Waals surface area contributed by atoms with Crippen LogP contribution in [0.2, 0.25) is 0 Å². The minimum atomic E-state index is -0.363. The summed E-state index contributed by atoms with van der Waals surface area (Å²) >= 11 is 0. The smallest absolute Gasteiger partial charge is 0.224 e.